The lowest BCUT2D eigenvalue weighted by Gasteiger charge is -2.36. The molecule has 1 unspecified atom stereocenters. The fraction of sp³-hybridized carbons (Fsp3) is 0.722. The van der Waals surface area contributed by atoms with Crippen LogP contribution >= 0.6 is 24.0 Å². The second-order valence-electron chi connectivity index (χ2n) is 7.07. The lowest BCUT2D eigenvalue weighted by molar-refractivity contribution is -0.130. The van der Waals surface area contributed by atoms with Crippen LogP contribution in [0.15, 0.2) is 17.4 Å². The third-order valence-electron chi connectivity index (χ3n) is 5.20. The van der Waals surface area contributed by atoms with Crippen LogP contribution in [0, 0.1) is 0 Å². The Morgan fingerprint density at radius 2 is 2.04 bits per heavy atom. The average Bonchev–Trinajstić information content (AvgIpc) is 3.12. The fourth-order valence-electron chi connectivity index (χ4n) is 3.59. The van der Waals surface area contributed by atoms with E-state index in [9.17, 15) is 4.79 Å². The van der Waals surface area contributed by atoms with Crippen LogP contribution in [0.2, 0.25) is 0 Å². The first-order chi connectivity index (χ1) is 13.1. The summed E-state index contributed by atoms with van der Waals surface area (Å²) in [5.74, 6) is 1.08. The number of morpholine rings is 1. The van der Waals surface area contributed by atoms with E-state index >= 15 is 0 Å². The van der Waals surface area contributed by atoms with Crippen molar-refractivity contribution in [2.75, 3.05) is 66.0 Å². The molecule has 0 bridgehead atoms. The van der Waals surface area contributed by atoms with Gasteiger partial charge in [-0.15, -0.1) is 24.0 Å². The van der Waals surface area contributed by atoms with Crippen LogP contribution in [0.4, 0.5) is 0 Å². The Morgan fingerprint density at radius 3 is 2.64 bits per heavy atom. The van der Waals surface area contributed by atoms with Crippen LogP contribution in [0.25, 0.3) is 0 Å². The summed E-state index contributed by atoms with van der Waals surface area (Å²) in [5, 5.41) is 7.72. The Labute approximate surface area is 184 Å². The first-order valence-corrected chi connectivity index (χ1v) is 9.60. The third kappa shape index (κ3) is 6.05. The first-order valence-electron chi connectivity index (χ1n) is 9.60. The number of nitrogens with one attached hydrogen (secondary N) is 1. The summed E-state index contributed by atoms with van der Waals surface area (Å²) >= 11 is 0. The number of nitrogens with zero attached hydrogens (tertiary/aromatic N) is 6. The predicted octanol–water partition coefficient (Wildman–Crippen LogP) is 0.151. The molecule has 10 heteroatoms. The van der Waals surface area contributed by atoms with Crippen molar-refractivity contribution in [1.82, 2.24) is 29.8 Å². The molecule has 2 saturated heterocycles. The molecule has 2 aliphatic heterocycles. The summed E-state index contributed by atoms with van der Waals surface area (Å²) in [7, 11) is 3.74. The van der Waals surface area contributed by atoms with Crippen LogP contribution in [0.1, 0.15) is 18.6 Å². The largest absolute Gasteiger partial charge is 0.370 e. The minimum atomic E-state index is 0. The summed E-state index contributed by atoms with van der Waals surface area (Å²) in [6.07, 6.45) is 3.89. The van der Waals surface area contributed by atoms with Crippen LogP contribution in [-0.2, 0) is 16.6 Å². The number of guanidine groups is 1. The zero-order valence-corrected chi connectivity index (χ0v) is 19.3. The van der Waals surface area contributed by atoms with Crippen molar-refractivity contribution in [1.29, 1.82) is 0 Å². The highest BCUT2D eigenvalue weighted by Crippen LogP contribution is 2.21. The minimum Gasteiger partial charge on any atom is -0.370 e. The molecule has 3 heterocycles. The molecule has 28 heavy (non-hydrogen) atoms. The van der Waals surface area contributed by atoms with Gasteiger partial charge < -0.3 is 19.9 Å². The zero-order chi connectivity index (χ0) is 19.2. The Balaban J connectivity index is 0.00000280. The first kappa shape index (κ1) is 22.9. The van der Waals surface area contributed by atoms with Gasteiger partial charge in [0.25, 0.3) is 0 Å². The van der Waals surface area contributed by atoms with Crippen LogP contribution in [0.5, 0.6) is 0 Å². The molecule has 1 amide bonds. The number of aryl methyl sites for hydroxylation is 1. The van der Waals surface area contributed by atoms with Crippen LogP contribution < -0.4 is 5.32 Å². The van der Waals surface area contributed by atoms with Gasteiger partial charge >= 0.3 is 0 Å². The maximum atomic E-state index is 11.4. The van der Waals surface area contributed by atoms with E-state index in [-0.39, 0.29) is 36.0 Å². The van der Waals surface area contributed by atoms with Gasteiger partial charge in [0.2, 0.25) is 5.91 Å². The number of rotatable bonds is 4. The highest BCUT2D eigenvalue weighted by Gasteiger charge is 2.25. The predicted molar refractivity (Wildman–Crippen MR) is 119 cm³/mol. The van der Waals surface area contributed by atoms with E-state index in [4.69, 9.17) is 4.74 Å². The number of piperazine rings is 1. The molecule has 1 aromatic heterocycles. The molecule has 0 aliphatic carbocycles. The van der Waals surface area contributed by atoms with Crippen LogP contribution in [0.3, 0.4) is 0 Å². The van der Waals surface area contributed by atoms with Gasteiger partial charge in [-0.1, -0.05) is 0 Å². The van der Waals surface area contributed by atoms with Gasteiger partial charge in [-0.25, -0.2) is 0 Å². The molecular formula is C18H32IN7O2. The summed E-state index contributed by atoms with van der Waals surface area (Å²) in [4.78, 5) is 22.4. The van der Waals surface area contributed by atoms with E-state index in [2.05, 4.69) is 25.2 Å². The molecule has 1 N–H and O–H groups in total. The zero-order valence-electron chi connectivity index (χ0n) is 17.0. The molecule has 0 aromatic carbocycles. The SMILES string of the molecule is CN=C(NCCN1CCN(C(C)=O)CC1)N1CCOC(c2cnn(C)c2)C1.I. The van der Waals surface area contributed by atoms with E-state index in [0.29, 0.717) is 6.61 Å². The minimum absolute atomic E-state index is 0. The molecule has 9 nitrogen and oxygen atoms in total. The van der Waals surface area contributed by atoms with Crippen molar-refractivity contribution in [3.8, 4) is 0 Å². The van der Waals surface area contributed by atoms with Crippen molar-refractivity contribution >= 4 is 35.8 Å². The lowest BCUT2D eigenvalue weighted by Crippen LogP contribution is -2.52. The summed E-state index contributed by atoms with van der Waals surface area (Å²) < 4.78 is 7.72. The number of halogens is 1. The van der Waals surface area contributed by atoms with E-state index < -0.39 is 0 Å². The van der Waals surface area contributed by atoms with Gasteiger partial charge in [0.05, 0.1) is 19.3 Å². The molecule has 2 aliphatic rings. The van der Waals surface area contributed by atoms with E-state index in [1.807, 2.05) is 31.4 Å². The molecule has 1 aromatic rings. The van der Waals surface area contributed by atoms with Crippen molar-refractivity contribution in [3.63, 3.8) is 0 Å². The Kier molecular flexibility index (Phi) is 8.96. The topological polar surface area (TPSA) is 78.2 Å². The molecule has 2 fully saturated rings. The van der Waals surface area contributed by atoms with Crippen molar-refractivity contribution in [2.24, 2.45) is 12.0 Å². The Morgan fingerprint density at radius 1 is 1.29 bits per heavy atom. The summed E-state index contributed by atoms with van der Waals surface area (Å²) in [6, 6.07) is 0. The van der Waals surface area contributed by atoms with E-state index in [0.717, 1.165) is 63.9 Å². The molecule has 0 radical (unpaired) electrons. The number of aliphatic imine (C=N–C) groups is 1. The smallest absolute Gasteiger partial charge is 0.219 e. The normalized spacial score (nSPS) is 21.4. The molecular weight excluding hydrogens is 473 g/mol. The molecule has 158 valence electrons. The number of amides is 1. The Hall–Kier alpha value is -1.40. The number of aromatic nitrogens is 2. The Bertz CT molecular complexity index is 658. The molecule has 0 spiro atoms. The number of ether oxygens (including phenoxy) is 1. The lowest BCUT2D eigenvalue weighted by atomic mass is 10.1. The van der Waals surface area contributed by atoms with Crippen molar-refractivity contribution < 1.29 is 9.53 Å². The fourth-order valence-corrected chi connectivity index (χ4v) is 3.59. The molecule has 1 atom stereocenters. The molecule has 0 saturated carbocycles. The quantitative estimate of drug-likeness (QED) is 0.357. The average molecular weight is 505 g/mol. The maximum Gasteiger partial charge on any atom is 0.219 e. The summed E-state index contributed by atoms with van der Waals surface area (Å²) in [5.41, 5.74) is 1.10. The van der Waals surface area contributed by atoms with Crippen molar-refractivity contribution in [3.05, 3.63) is 18.0 Å². The highest BCUT2D eigenvalue weighted by molar-refractivity contribution is 14.0. The standard InChI is InChI=1S/C18H31N7O2.HI/c1-15(26)24-8-6-23(7-9-24)5-4-20-18(19-2)25-10-11-27-17(14-25)16-12-21-22(3)13-16;/h12-13,17H,4-11,14H2,1-3H3,(H,19,20);1H. The van der Waals surface area contributed by atoms with Gasteiger partial charge in [0.1, 0.15) is 6.10 Å². The summed E-state index contributed by atoms with van der Waals surface area (Å²) in [6.45, 7) is 9.19. The second-order valence-corrected chi connectivity index (χ2v) is 7.07. The monoisotopic (exact) mass is 505 g/mol. The van der Waals surface area contributed by atoms with Crippen LogP contribution in [-0.4, -0.2) is 102 Å². The van der Waals surface area contributed by atoms with E-state index in [1.54, 1.807) is 11.6 Å². The van der Waals surface area contributed by atoms with Crippen molar-refractivity contribution in [2.45, 2.75) is 13.0 Å². The van der Waals surface area contributed by atoms with Gasteiger partial charge in [-0.2, -0.15) is 5.10 Å². The number of hydrogen-bond donors (Lipinski definition) is 1. The van der Waals surface area contributed by atoms with Gasteiger partial charge in [0, 0.05) is 78.6 Å². The van der Waals surface area contributed by atoms with Gasteiger partial charge in [0.15, 0.2) is 5.96 Å². The van der Waals surface area contributed by atoms with Gasteiger partial charge in [-0.3, -0.25) is 19.4 Å². The number of hydrogen-bond acceptors (Lipinski definition) is 5. The third-order valence-corrected chi connectivity index (χ3v) is 5.20. The van der Waals surface area contributed by atoms with E-state index in [1.165, 1.54) is 0 Å². The highest BCUT2D eigenvalue weighted by atomic mass is 127. The number of carbonyl (C=O) groups excluding carboxylic acids is 1. The maximum absolute atomic E-state index is 11.4. The second kappa shape index (κ2) is 11.0. The number of carbonyl (C=O) groups is 1. The van der Waals surface area contributed by atoms with Gasteiger partial charge in [-0.05, 0) is 0 Å². The molecule has 3 rings (SSSR count).